The number of likely N-dealkylation sites (N-methyl/N-ethyl adjacent to an activating group) is 1. The Kier molecular flexibility index (Phi) is 5.31. The predicted octanol–water partition coefficient (Wildman–Crippen LogP) is 0.0263. The van der Waals surface area contributed by atoms with Gasteiger partial charge in [0.05, 0.1) is 38.6 Å². The van der Waals surface area contributed by atoms with Crippen molar-refractivity contribution in [3.63, 3.8) is 0 Å². The average Bonchev–Trinajstić information content (AvgIpc) is 2.21. The van der Waals surface area contributed by atoms with E-state index in [1.807, 2.05) is 14.0 Å². The normalized spacial score (nSPS) is 25.8. The van der Waals surface area contributed by atoms with Crippen molar-refractivity contribution >= 4 is 0 Å². The summed E-state index contributed by atoms with van der Waals surface area (Å²) in [6.45, 7) is 5.48. The summed E-state index contributed by atoms with van der Waals surface area (Å²) in [5, 5.41) is 3.18. The van der Waals surface area contributed by atoms with Gasteiger partial charge < -0.3 is 19.5 Å². The van der Waals surface area contributed by atoms with Gasteiger partial charge in [-0.25, -0.2) is 0 Å². The lowest BCUT2D eigenvalue weighted by Crippen LogP contribution is -2.47. The van der Waals surface area contributed by atoms with Gasteiger partial charge in [0.1, 0.15) is 0 Å². The van der Waals surface area contributed by atoms with E-state index in [-0.39, 0.29) is 12.1 Å². The van der Waals surface area contributed by atoms with Gasteiger partial charge in [0, 0.05) is 6.61 Å². The van der Waals surface area contributed by atoms with Crippen LogP contribution in [0.4, 0.5) is 0 Å². The molecular weight excluding hydrogens is 170 g/mol. The second kappa shape index (κ2) is 6.32. The van der Waals surface area contributed by atoms with Crippen molar-refractivity contribution in [1.82, 2.24) is 5.32 Å². The van der Waals surface area contributed by atoms with Crippen LogP contribution in [0.25, 0.3) is 0 Å². The Labute approximate surface area is 79.5 Å². The number of hydrogen-bond donors (Lipinski definition) is 1. The molecule has 2 unspecified atom stereocenters. The van der Waals surface area contributed by atoms with Crippen LogP contribution >= 0.6 is 0 Å². The number of ether oxygens (including phenoxy) is 3. The molecule has 1 fully saturated rings. The van der Waals surface area contributed by atoms with Gasteiger partial charge in [0.25, 0.3) is 0 Å². The third kappa shape index (κ3) is 3.60. The van der Waals surface area contributed by atoms with Gasteiger partial charge in [-0.2, -0.15) is 0 Å². The van der Waals surface area contributed by atoms with Gasteiger partial charge in [-0.15, -0.1) is 0 Å². The minimum Gasteiger partial charge on any atom is -0.380 e. The summed E-state index contributed by atoms with van der Waals surface area (Å²) in [7, 11) is 1.92. The van der Waals surface area contributed by atoms with Crippen molar-refractivity contribution < 1.29 is 14.2 Å². The summed E-state index contributed by atoms with van der Waals surface area (Å²) in [5.74, 6) is 0. The fourth-order valence-corrected chi connectivity index (χ4v) is 1.36. The summed E-state index contributed by atoms with van der Waals surface area (Å²) in [5.41, 5.74) is 0. The molecule has 0 spiro atoms. The van der Waals surface area contributed by atoms with Crippen LogP contribution in [-0.2, 0) is 14.2 Å². The molecule has 1 saturated heterocycles. The Hall–Kier alpha value is -0.160. The lowest BCUT2D eigenvalue weighted by atomic mass is 10.2. The third-order valence-electron chi connectivity index (χ3n) is 2.16. The van der Waals surface area contributed by atoms with Crippen LogP contribution in [-0.4, -0.2) is 52.2 Å². The number of nitrogens with one attached hydrogen (secondary N) is 1. The van der Waals surface area contributed by atoms with E-state index in [2.05, 4.69) is 5.32 Å². The second-order valence-corrected chi connectivity index (χ2v) is 3.04. The molecular formula is C9H19NO3. The van der Waals surface area contributed by atoms with Crippen LogP contribution in [0.1, 0.15) is 6.92 Å². The van der Waals surface area contributed by atoms with E-state index >= 15 is 0 Å². The Morgan fingerprint density at radius 2 is 2.38 bits per heavy atom. The average molecular weight is 189 g/mol. The Morgan fingerprint density at radius 3 is 2.92 bits per heavy atom. The lowest BCUT2D eigenvalue weighted by molar-refractivity contribution is -0.109. The van der Waals surface area contributed by atoms with Crippen molar-refractivity contribution in [2.24, 2.45) is 0 Å². The summed E-state index contributed by atoms with van der Waals surface area (Å²) >= 11 is 0. The van der Waals surface area contributed by atoms with Crippen LogP contribution in [0.5, 0.6) is 0 Å². The highest BCUT2D eigenvalue weighted by Gasteiger charge is 2.23. The molecule has 0 aliphatic carbocycles. The quantitative estimate of drug-likeness (QED) is 0.662. The van der Waals surface area contributed by atoms with Crippen molar-refractivity contribution in [2.45, 2.75) is 19.1 Å². The van der Waals surface area contributed by atoms with Crippen LogP contribution in [0.3, 0.4) is 0 Å². The zero-order chi connectivity index (χ0) is 9.52. The fourth-order valence-electron chi connectivity index (χ4n) is 1.36. The van der Waals surface area contributed by atoms with Gasteiger partial charge in [-0.05, 0) is 14.0 Å². The molecule has 0 amide bonds. The summed E-state index contributed by atoms with van der Waals surface area (Å²) in [4.78, 5) is 0. The van der Waals surface area contributed by atoms with Gasteiger partial charge in [0.2, 0.25) is 0 Å². The van der Waals surface area contributed by atoms with Crippen molar-refractivity contribution in [1.29, 1.82) is 0 Å². The Balaban J connectivity index is 2.26. The SMILES string of the molecule is CCOCC(NC)C1COCCO1. The topological polar surface area (TPSA) is 39.7 Å². The molecule has 0 aromatic carbocycles. The molecule has 0 aromatic rings. The minimum absolute atomic E-state index is 0.130. The van der Waals surface area contributed by atoms with E-state index in [0.717, 1.165) is 6.61 Å². The maximum atomic E-state index is 5.56. The molecule has 0 saturated carbocycles. The lowest BCUT2D eigenvalue weighted by Gasteiger charge is -2.29. The summed E-state index contributed by atoms with van der Waals surface area (Å²) in [6, 6.07) is 0.236. The second-order valence-electron chi connectivity index (χ2n) is 3.04. The highest BCUT2D eigenvalue weighted by Crippen LogP contribution is 2.06. The van der Waals surface area contributed by atoms with Gasteiger partial charge in [-0.3, -0.25) is 0 Å². The van der Waals surface area contributed by atoms with E-state index in [1.54, 1.807) is 0 Å². The van der Waals surface area contributed by atoms with E-state index in [4.69, 9.17) is 14.2 Å². The molecule has 0 bridgehead atoms. The molecule has 13 heavy (non-hydrogen) atoms. The molecule has 1 N–H and O–H groups in total. The number of rotatable bonds is 5. The largest absolute Gasteiger partial charge is 0.380 e. The van der Waals surface area contributed by atoms with Crippen molar-refractivity contribution in [3.8, 4) is 0 Å². The van der Waals surface area contributed by atoms with Gasteiger partial charge >= 0.3 is 0 Å². The number of hydrogen-bond acceptors (Lipinski definition) is 4. The van der Waals surface area contributed by atoms with E-state index < -0.39 is 0 Å². The standard InChI is InChI=1S/C9H19NO3/c1-3-11-6-8(10-2)9-7-12-4-5-13-9/h8-10H,3-7H2,1-2H3. The predicted molar refractivity (Wildman–Crippen MR) is 49.9 cm³/mol. The smallest absolute Gasteiger partial charge is 0.0984 e. The first-order valence-corrected chi connectivity index (χ1v) is 4.82. The molecule has 78 valence electrons. The maximum absolute atomic E-state index is 5.56. The minimum atomic E-state index is 0.130. The molecule has 1 rings (SSSR count). The van der Waals surface area contributed by atoms with Crippen LogP contribution in [0.15, 0.2) is 0 Å². The van der Waals surface area contributed by atoms with Crippen LogP contribution < -0.4 is 5.32 Å². The Bertz CT molecular complexity index is 126. The summed E-state index contributed by atoms with van der Waals surface area (Å²) in [6.07, 6.45) is 0.130. The zero-order valence-electron chi connectivity index (χ0n) is 8.41. The molecule has 1 aliphatic rings. The van der Waals surface area contributed by atoms with Crippen LogP contribution in [0, 0.1) is 0 Å². The monoisotopic (exact) mass is 189 g/mol. The molecule has 4 heteroatoms. The first-order chi connectivity index (χ1) is 6.38. The van der Waals surface area contributed by atoms with Crippen LogP contribution in [0.2, 0.25) is 0 Å². The molecule has 2 atom stereocenters. The first-order valence-electron chi connectivity index (χ1n) is 4.82. The third-order valence-corrected chi connectivity index (χ3v) is 2.16. The van der Waals surface area contributed by atoms with Crippen molar-refractivity contribution in [2.75, 3.05) is 40.1 Å². The Morgan fingerprint density at radius 1 is 1.54 bits per heavy atom. The molecule has 0 aromatic heterocycles. The first kappa shape index (κ1) is 10.9. The molecule has 0 radical (unpaired) electrons. The van der Waals surface area contributed by atoms with E-state index in [1.165, 1.54) is 0 Å². The maximum Gasteiger partial charge on any atom is 0.0984 e. The van der Waals surface area contributed by atoms with Crippen molar-refractivity contribution in [3.05, 3.63) is 0 Å². The fraction of sp³-hybridized carbons (Fsp3) is 1.00. The molecule has 4 nitrogen and oxygen atoms in total. The highest BCUT2D eigenvalue weighted by atomic mass is 16.6. The molecule has 1 aliphatic heterocycles. The zero-order valence-corrected chi connectivity index (χ0v) is 8.41. The van der Waals surface area contributed by atoms with Gasteiger partial charge in [0.15, 0.2) is 0 Å². The van der Waals surface area contributed by atoms with E-state index in [0.29, 0.717) is 26.4 Å². The molecule has 1 heterocycles. The van der Waals surface area contributed by atoms with Gasteiger partial charge in [-0.1, -0.05) is 0 Å². The summed E-state index contributed by atoms with van der Waals surface area (Å²) < 4.78 is 16.2. The highest BCUT2D eigenvalue weighted by molar-refractivity contribution is 4.77. The van der Waals surface area contributed by atoms with E-state index in [9.17, 15) is 0 Å².